The minimum atomic E-state index is -0.166. The maximum absolute atomic E-state index is 9.98. The molecule has 9 heteroatoms. The Bertz CT molecular complexity index is 1340. The van der Waals surface area contributed by atoms with Gasteiger partial charge in [0, 0.05) is 57.2 Å². The molecule has 4 heterocycles. The van der Waals surface area contributed by atoms with E-state index < -0.39 is 0 Å². The van der Waals surface area contributed by atoms with Gasteiger partial charge in [0.25, 0.3) is 0 Å². The first-order chi connectivity index (χ1) is 19.2. The molecule has 1 saturated carbocycles. The lowest BCUT2D eigenvalue weighted by Gasteiger charge is -2.28. The predicted octanol–water partition coefficient (Wildman–Crippen LogP) is 3.89. The fourth-order valence-corrected chi connectivity index (χ4v) is 5.70. The van der Waals surface area contributed by atoms with Crippen LogP contribution in [-0.2, 0) is 13.0 Å². The zero-order valence-corrected chi connectivity index (χ0v) is 22.5. The first-order valence-electron chi connectivity index (χ1n) is 14.3. The van der Waals surface area contributed by atoms with Gasteiger partial charge in [-0.3, -0.25) is 0 Å². The lowest BCUT2D eigenvalue weighted by atomic mass is 9.87. The molecular weight excluding hydrogens is 488 g/mol. The standard InChI is InChI=1S/C30H38N8O/c39-25-11-8-23(9-12-25)21-38-29-26(20-34-30(35-29)32-14-4-7-22-5-2-1-3-6-22)28(36-38)24-10-13-27(33-19-24)37-17-15-31-16-18-37/h1-3,5-6,10,13,19-20,23,25,31,39H,4,7-9,11-12,14-18,21H2,(H,32,34,35). The Kier molecular flexibility index (Phi) is 7.97. The van der Waals surface area contributed by atoms with Crippen LogP contribution in [-0.4, -0.2) is 68.7 Å². The Morgan fingerprint density at radius 3 is 2.54 bits per heavy atom. The van der Waals surface area contributed by atoms with Gasteiger partial charge in [-0.05, 0) is 62.1 Å². The van der Waals surface area contributed by atoms with Gasteiger partial charge in [0.1, 0.15) is 11.5 Å². The van der Waals surface area contributed by atoms with E-state index in [0.29, 0.717) is 11.9 Å². The first kappa shape index (κ1) is 25.7. The molecule has 1 aliphatic heterocycles. The third kappa shape index (κ3) is 6.20. The van der Waals surface area contributed by atoms with Crippen LogP contribution in [0.5, 0.6) is 0 Å². The lowest BCUT2D eigenvalue weighted by molar-refractivity contribution is 0.103. The highest BCUT2D eigenvalue weighted by molar-refractivity contribution is 5.91. The molecule has 204 valence electrons. The fourth-order valence-electron chi connectivity index (χ4n) is 5.70. The number of aromatic nitrogens is 5. The van der Waals surface area contributed by atoms with Crippen molar-refractivity contribution < 1.29 is 5.11 Å². The smallest absolute Gasteiger partial charge is 0.224 e. The lowest BCUT2D eigenvalue weighted by Crippen LogP contribution is -2.43. The summed E-state index contributed by atoms with van der Waals surface area (Å²) < 4.78 is 2.05. The number of nitrogens with one attached hydrogen (secondary N) is 2. The van der Waals surface area contributed by atoms with E-state index in [4.69, 9.17) is 15.1 Å². The van der Waals surface area contributed by atoms with E-state index in [1.165, 1.54) is 5.56 Å². The number of anilines is 2. The molecule has 3 N–H and O–H groups in total. The third-order valence-corrected chi connectivity index (χ3v) is 7.97. The SMILES string of the molecule is OC1CCC(Cn2nc(-c3ccc(N4CCNCC4)nc3)c3cnc(NCCCc4ccccc4)nc32)CC1. The van der Waals surface area contributed by atoms with Gasteiger partial charge in [0.05, 0.1) is 11.5 Å². The van der Waals surface area contributed by atoms with E-state index in [2.05, 4.69) is 63.0 Å². The Hall–Kier alpha value is -3.56. The van der Waals surface area contributed by atoms with Crippen LogP contribution in [0.15, 0.2) is 54.9 Å². The minimum Gasteiger partial charge on any atom is -0.393 e. The largest absolute Gasteiger partial charge is 0.393 e. The van der Waals surface area contributed by atoms with Gasteiger partial charge in [-0.2, -0.15) is 10.1 Å². The predicted molar refractivity (Wildman–Crippen MR) is 155 cm³/mol. The normalized spacial score (nSPS) is 19.9. The van der Waals surface area contributed by atoms with Crippen LogP contribution in [0, 0.1) is 5.92 Å². The van der Waals surface area contributed by atoms with Crippen LogP contribution in [0.25, 0.3) is 22.3 Å². The molecule has 2 aliphatic rings. The van der Waals surface area contributed by atoms with Gasteiger partial charge >= 0.3 is 0 Å². The van der Waals surface area contributed by atoms with Crippen molar-refractivity contribution in [3.63, 3.8) is 0 Å². The summed E-state index contributed by atoms with van der Waals surface area (Å²) in [5, 5.41) is 22.8. The Labute approximate surface area is 229 Å². The van der Waals surface area contributed by atoms with Crippen LogP contribution < -0.4 is 15.5 Å². The van der Waals surface area contributed by atoms with Gasteiger partial charge in [0.15, 0.2) is 5.65 Å². The molecule has 0 radical (unpaired) electrons. The monoisotopic (exact) mass is 526 g/mol. The molecule has 0 unspecified atom stereocenters. The number of hydrogen-bond donors (Lipinski definition) is 3. The highest BCUT2D eigenvalue weighted by atomic mass is 16.3. The Balaban J connectivity index is 1.22. The van der Waals surface area contributed by atoms with Gasteiger partial charge in [-0.25, -0.2) is 14.6 Å². The van der Waals surface area contributed by atoms with Crippen molar-refractivity contribution in [1.29, 1.82) is 0 Å². The van der Waals surface area contributed by atoms with Crippen molar-refractivity contribution in [1.82, 2.24) is 30.0 Å². The number of aliphatic hydroxyl groups excluding tert-OH is 1. The summed E-state index contributed by atoms with van der Waals surface area (Å²) in [4.78, 5) is 16.7. The van der Waals surface area contributed by atoms with E-state index >= 15 is 0 Å². The maximum atomic E-state index is 9.98. The van der Waals surface area contributed by atoms with Crippen molar-refractivity contribution in [2.24, 2.45) is 5.92 Å². The minimum absolute atomic E-state index is 0.166. The molecular formula is C30H38N8O. The van der Waals surface area contributed by atoms with Crippen LogP contribution in [0.1, 0.15) is 37.7 Å². The summed E-state index contributed by atoms with van der Waals surface area (Å²) in [7, 11) is 0. The Morgan fingerprint density at radius 2 is 1.77 bits per heavy atom. The summed E-state index contributed by atoms with van der Waals surface area (Å²) in [6.07, 6.45) is 9.41. The van der Waals surface area contributed by atoms with E-state index in [1.807, 2.05) is 17.1 Å². The number of piperazine rings is 1. The second-order valence-corrected chi connectivity index (χ2v) is 10.8. The second kappa shape index (κ2) is 12.1. The summed E-state index contributed by atoms with van der Waals surface area (Å²) in [6, 6.07) is 14.8. The molecule has 0 atom stereocenters. The molecule has 4 aromatic rings. The molecule has 1 aromatic carbocycles. The number of aryl methyl sites for hydroxylation is 1. The van der Waals surface area contributed by atoms with Crippen molar-refractivity contribution in [2.45, 2.75) is 51.2 Å². The molecule has 1 aliphatic carbocycles. The molecule has 1 saturated heterocycles. The zero-order chi connectivity index (χ0) is 26.4. The number of aliphatic hydroxyl groups is 1. The van der Waals surface area contributed by atoms with Crippen molar-refractivity contribution in [3.05, 3.63) is 60.4 Å². The number of benzene rings is 1. The number of rotatable bonds is 9. The molecule has 3 aromatic heterocycles. The summed E-state index contributed by atoms with van der Waals surface area (Å²) in [6.45, 7) is 5.50. The zero-order valence-electron chi connectivity index (χ0n) is 22.5. The molecule has 9 nitrogen and oxygen atoms in total. The van der Waals surface area contributed by atoms with E-state index in [-0.39, 0.29) is 6.10 Å². The van der Waals surface area contributed by atoms with E-state index in [1.54, 1.807) is 0 Å². The van der Waals surface area contributed by atoms with Crippen molar-refractivity contribution >= 4 is 22.8 Å². The highest BCUT2D eigenvalue weighted by Gasteiger charge is 2.23. The quantitative estimate of drug-likeness (QED) is 0.282. The molecule has 2 fully saturated rings. The van der Waals surface area contributed by atoms with Gasteiger partial charge < -0.3 is 20.6 Å². The van der Waals surface area contributed by atoms with Crippen molar-refractivity contribution in [2.75, 3.05) is 42.9 Å². The summed E-state index contributed by atoms with van der Waals surface area (Å²) >= 11 is 0. The second-order valence-electron chi connectivity index (χ2n) is 10.8. The molecule has 39 heavy (non-hydrogen) atoms. The van der Waals surface area contributed by atoms with Gasteiger partial charge in [-0.1, -0.05) is 30.3 Å². The van der Waals surface area contributed by atoms with E-state index in [9.17, 15) is 5.11 Å². The van der Waals surface area contributed by atoms with Gasteiger partial charge in [-0.15, -0.1) is 0 Å². The number of hydrogen-bond acceptors (Lipinski definition) is 8. The summed E-state index contributed by atoms with van der Waals surface area (Å²) in [5.41, 5.74) is 4.04. The van der Waals surface area contributed by atoms with Crippen molar-refractivity contribution in [3.8, 4) is 11.3 Å². The topological polar surface area (TPSA) is 104 Å². The highest BCUT2D eigenvalue weighted by Crippen LogP contribution is 2.31. The number of pyridine rings is 1. The number of fused-ring (bicyclic) bond motifs is 1. The van der Waals surface area contributed by atoms with Crippen LogP contribution in [0.4, 0.5) is 11.8 Å². The average molecular weight is 527 g/mol. The average Bonchev–Trinajstić information content (AvgIpc) is 3.35. The molecule has 0 amide bonds. The van der Waals surface area contributed by atoms with E-state index in [0.717, 1.165) is 106 Å². The Morgan fingerprint density at radius 1 is 0.949 bits per heavy atom. The van der Waals surface area contributed by atoms with Crippen LogP contribution in [0.3, 0.4) is 0 Å². The molecule has 0 bridgehead atoms. The number of nitrogens with zero attached hydrogens (tertiary/aromatic N) is 6. The first-order valence-corrected chi connectivity index (χ1v) is 14.3. The third-order valence-electron chi connectivity index (χ3n) is 7.97. The molecule has 0 spiro atoms. The molecule has 6 rings (SSSR count). The van der Waals surface area contributed by atoms with Crippen LogP contribution in [0.2, 0.25) is 0 Å². The summed E-state index contributed by atoms with van der Waals surface area (Å²) in [5.74, 6) is 2.12. The van der Waals surface area contributed by atoms with Crippen LogP contribution >= 0.6 is 0 Å². The maximum Gasteiger partial charge on any atom is 0.224 e. The van der Waals surface area contributed by atoms with Gasteiger partial charge in [0.2, 0.25) is 5.95 Å². The fraction of sp³-hybridized carbons (Fsp3) is 0.467.